The van der Waals surface area contributed by atoms with E-state index in [-0.39, 0.29) is 0 Å². The number of aliphatic hydroxyl groups is 1. The van der Waals surface area contributed by atoms with Gasteiger partial charge < -0.3 is 5.11 Å². The number of fused-ring (bicyclic) bond motifs is 1. The molecule has 2 aliphatic carbocycles. The first-order valence-electron chi connectivity index (χ1n) is 5.23. The molecule has 1 aromatic rings. The van der Waals surface area contributed by atoms with Crippen molar-refractivity contribution in [2.75, 3.05) is 7.11 Å². The molecule has 2 heteroatoms. The highest BCUT2D eigenvalue weighted by Gasteiger charge is 2.06. The number of rotatable bonds is 1. The molecule has 17 heavy (non-hydrogen) atoms. The molecule has 0 atom stereocenters. The molecule has 0 spiro atoms. The molecular weight excluding hydrogens is 276 g/mol. The molecule has 0 radical (unpaired) electrons. The van der Waals surface area contributed by atoms with Crippen LogP contribution in [0.4, 0.5) is 0 Å². The molecule has 88 valence electrons. The van der Waals surface area contributed by atoms with E-state index in [0.717, 1.165) is 17.1 Å². The van der Waals surface area contributed by atoms with E-state index in [2.05, 4.69) is 46.8 Å². The topological polar surface area (TPSA) is 20.2 Å². The van der Waals surface area contributed by atoms with Crippen LogP contribution in [0, 0.1) is 0 Å². The first-order chi connectivity index (χ1) is 8.29. The van der Waals surface area contributed by atoms with E-state index < -0.39 is 0 Å². The van der Waals surface area contributed by atoms with Crippen LogP contribution in [0.5, 0.6) is 0 Å². The van der Waals surface area contributed by atoms with E-state index in [1.54, 1.807) is 0 Å². The number of aliphatic hydroxyl groups excluding tert-OH is 1. The average Bonchev–Trinajstić information content (AvgIpc) is 2.99. The van der Waals surface area contributed by atoms with Gasteiger partial charge in [-0.25, -0.2) is 0 Å². The highest BCUT2D eigenvalue weighted by molar-refractivity contribution is 9.10. The molecule has 0 aliphatic heterocycles. The number of halogens is 1. The van der Waals surface area contributed by atoms with Crippen LogP contribution in [0.2, 0.25) is 0 Å². The zero-order valence-electron chi connectivity index (χ0n) is 9.73. The Morgan fingerprint density at radius 2 is 1.59 bits per heavy atom. The Morgan fingerprint density at radius 1 is 1.00 bits per heavy atom. The summed E-state index contributed by atoms with van der Waals surface area (Å²) >= 11 is 3.36. The highest BCUT2D eigenvalue weighted by atomic mass is 79.9. The second-order valence-electron chi connectivity index (χ2n) is 3.34. The number of benzene rings is 2. The summed E-state index contributed by atoms with van der Waals surface area (Å²) in [4.78, 5) is 0. The van der Waals surface area contributed by atoms with Gasteiger partial charge in [0.05, 0.1) is 0 Å². The van der Waals surface area contributed by atoms with Crippen molar-refractivity contribution < 1.29 is 5.11 Å². The summed E-state index contributed by atoms with van der Waals surface area (Å²) in [6, 6.07) is 16.5. The van der Waals surface area contributed by atoms with Crippen molar-refractivity contribution in [3.63, 3.8) is 0 Å². The first-order valence-corrected chi connectivity index (χ1v) is 6.02. The minimum Gasteiger partial charge on any atom is -0.400 e. The zero-order valence-corrected chi connectivity index (χ0v) is 11.3. The van der Waals surface area contributed by atoms with Crippen molar-refractivity contribution >= 4 is 22.0 Å². The van der Waals surface area contributed by atoms with E-state index in [4.69, 9.17) is 5.11 Å². The van der Waals surface area contributed by atoms with Gasteiger partial charge in [-0.2, -0.15) is 0 Å². The van der Waals surface area contributed by atoms with Crippen LogP contribution < -0.4 is 0 Å². The molecule has 0 unspecified atom stereocenters. The molecule has 0 bridgehead atoms. The zero-order chi connectivity index (χ0) is 12.7. The van der Waals surface area contributed by atoms with E-state index in [1.807, 2.05) is 30.3 Å². The standard InChI is InChI=1S/C8H7Br.C6H4.CH4O/c1-2-7-4-3-5-8(9)6-7;1-2-5-4-6(5)3-1;1-2/h2-6H,1H2;1-4H;2H,1H3. The predicted octanol–water partition coefficient (Wildman–Crippen LogP) is 4.37. The Bertz CT molecular complexity index is 475. The van der Waals surface area contributed by atoms with Crippen LogP contribution in [0.3, 0.4) is 0 Å². The SMILES string of the molecule is C=Cc1cccc(Br)c1.CO.c1cc2cc-2c1. The second kappa shape index (κ2) is 7.05. The van der Waals surface area contributed by atoms with Gasteiger partial charge in [-0.15, -0.1) is 0 Å². The fraction of sp³-hybridized carbons (Fsp3) is 0.0667. The van der Waals surface area contributed by atoms with Gasteiger partial charge in [0.2, 0.25) is 0 Å². The fourth-order valence-corrected chi connectivity index (χ4v) is 1.73. The van der Waals surface area contributed by atoms with Crippen molar-refractivity contribution in [2.24, 2.45) is 0 Å². The third-order valence-corrected chi connectivity index (χ3v) is 2.69. The van der Waals surface area contributed by atoms with Gasteiger partial charge in [-0.05, 0) is 34.9 Å². The van der Waals surface area contributed by atoms with Crippen molar-refractivity contribution in [1.29, 1.82) is 0 Å². The molecule has 1 N–H and O–H groups in total. The fourth-order valence-electron chi connectivity index (χ4n) is 1.31. The van der Waals surface area contributed by atoms with Crippen LogP contribution in [0.25, 0.3) is 17.2 Å². The number of hydrogen-bond acceptors (Lipinski definition) is 1. The second-order valence-corrected chi connectivity index (χ2v) is 4.26. The molecule has 0 aromatic heterocycles. The largest absolute Gasteiger partial charge is 0.400 e. The highest BCUT2D eigenvalue weighted by Crippen LogP contribution is 2.32. The van der Waals surface area contributed by atoms with Crippen LogP contribution in [0.15, 0.2) is 59.6 Å². The van der Waals surface area contributed by atoms with Crippen molar-refractivity contribution in [1.82, 2.24) is 0 Å². The molecular formula is C15H15BrO. The Labute approximate surface area is 111 Å². The predicted molar refractivity (Wildman–Crippen MR) is 77.8 cm³/mol. The first kappa shape index (κ1) is 13.7. The number of hydrogen-bond donors (Lipinski definition) is 1. The Morgan fingerprint density at radius 3 is 1.88 bits per heavy atom. The molecule has 3 rings (SSSR count). The summed E-state index contributed by atoms with van der Waals surface area (Å²) in [7, 11) is 1.00. The molecule has 0 fully saturated rings. The quantitative estimate of drug-likeness (QED) is 0.706. The van der Waals surface area contributed by atoms with Gasteiger partial charge in [-0.3, -0.25) is 0 Å². The summed E-state index contributed by atoms with van der Waals surface area (Å²) in [5.41, 5.74) is 3.99. The maximum Gasteiger partial charge on any atom is 0.0319 e. The van der Waals surface area contributed by atoms with E-state index in [1.165, 1.54) is 11.1 Å². The smallest absolute Gasteiger partial charge is 0.0319 e. The molecule has 1 nitrogen and oxygen atoms in total. The molecule has 0 amide bonds. The normalized spacial score (nSPS) is 9.12. The lowest BCUT2D eigenvalue weighted by Crippen LogP contribution is -1.68. The van der Waals surface area contributed by atoms with Crippen molar-refractivity contribution in [3.8, 4) is 11.1 Å². The lowest BCUT2D eigenvalue weighted by molar-refractivity contribution is 0.399. The van der Waals surface area contributed by atoms with Gasteiger partial charge in [-0.1, -0.05) is 58.9 Å². The molecule has 0 heterocycles. The van der Waals surface area contributed by atoms with Gasteiger partial charge >= 0.3 is 0 Å². The van der Waals surface area contributed by atoms with Gasteiger partial charge in [0.1, 0.15) is 0 Å². The summed E-state index contributed by atoms with van der Waals surface area (Å²) in [6.45, 7) is 3.65. The lowest BCUT2D eigenvalue weighted by Gasteiger charge is -1.90. The van der Waals surface area contributed by atoms with Crippen LogP contribution in [-0.4, -0.2) is 12.2 Å². The molecule has 2 aliphatic rings. The van der Waals surface area contributed by atoms with Crippen molar-refractivity contribution in [3.05, 3.63) is 65.1 Å². The molecule has 0 saturated heterocycles. The van der Waals surface area contributed by atoms with Gasteiger partial charge in [0.25, 0.3) is 0 Å². The van der Waals surface area contributed by atoms with E-state index in [0.29, 0.717) is 0 Å². The maximum atomic E-state index is 7.00. The summed E-state index contributed by atoms with van der Waals surface area (Å²) in [6.07, 6.45) is 1.82. The van der Waals surface area contributed by atoms with Crippen molar-refractivity contribution in [2.45, 2.75) is 0 Å². The lowest BCUT2D eigenvalue weighted by atomic mass is 10.2. The third kappa shape index (κ3) is 4.55. The summed E-state index contributed by atoms with van der Waals surface area (Å²) < 4.78 is 1.10. The Hall–Kier alpha value is -1.38. The van der Waals surface area contributed by atoms with Crippen LogP contribution in [0.1, 0.15) is 5.56 Å². The average molecular weight is 291 g/mol. The monoisotopic (exact) mass is 290 g/mol. The Balaban J connectivity index is 0.000000155. The van der Waals surface area contributed by atoms with Crippen LogP contribution in [-0.2, 0) is 0 Å². The minimum atomic E-state index is 1.00. The van der Waals surface area contributed by atoms with Gasteiger partial charge in [0, 0.05) is 11.6 Å². The van der Waals surface area contributed by atoms with E-state index in [9.17, 15) is 0 Å². The maximum absolute atomic E-state index is 7.00. The van der Waals surface area contributed by atoms with Crippen LogP contribution >= 0.6 is 15.9 Å². The van der Waals surface area contributed by atoms with Gasteiger partial charge in [0.15, 0.2) is 0 Å². The summed E-state index contributed by atoms with van der Waals surface area (Å²) in [5.74, 6) is 0. The Kier molecular flexibility index (Phi) is 5.67. The third-order valence-electron chi connectivity index (χ3n) is 2.20. The van der Waals surface area contributed by atoms with E-state index >= 15 is 0 Å². The minimum absolute atomic E-state index is 1.00. The molecule has 1 aromatic carbocycles. The molecule has 0 saturated carbocycles. The summed E-state index contributed by atoms with van der Waals surface area (Å²) in [5, 5.41) is 7.00.